The molecule has 0 unspecified atom stereocenters. The lowest BCUT2D eigenvalue weighted by atomic mass is 9.94. The number of halogens is 1. The summed E-state index contributed by atoms with van der Waals surface area (Å²) in [5.41, 5.74) is -0.0713. The second-order valence-corrected chi connectivity index (χ2v) is 7.31. The molecule has 0 saturated heterocycles. The van der Waals surface area contributed by atoms with Gasteiger partial charge >= 0.3 is 5.97 Å². The minimum atomic E-state index is -0.667. The Bertz CT molecular complexity index is 856. The first-order valence-corrected chi connectivity index (χ1v) is 9.59. The highest BCUT2D eigenvalue weighted by atomic mass is 19.1. The molecule has 2 aromatic rings. The third-order valence-electron chi connectivity index (χ3n) is 4.49. The van der Waals surface area contributed by atoms with Crippen molar-refractivity contribution >= 4 is 5.97 Å². The standard InChI is InChI=1S/C22H28FNO4/c1-5-7-12-28-19-15-24(14-18(20(19)25)21(26)27-6-2)22(3,4)13-16-8-10-17(23)11-9-16/h8-11,14-15H,5-7,12-13H2,1-4H3. The molecule has 1 aromatic carbocycles. The van der Waals surface area contributed by atoms with Crippen LogP contribution in [0.2, 0.25) is 0 Å². The van der Waals surface area contributed by atoms with Gasteiger partial charge in [-0.05, 0) is 51.3 Å². The van der Waals surface area contributed by atoms with Crippen molar-refractivity contribution in [2.45, 2.75) is 52.5 Å². The molecule has 0 saturated carbocycles. The van der Waals surface area contributed by atoms with Gasteiger partial charge in [-0.2, -0.15) is 0 Å². The van der Waals surface area contributed by atoms with Crippen LogP contribution in [0.5, 0.6) is 5.75 Å². The summed E-state index contributed by atoms with van der Waals surface area (Å²) in [6.45, 7) is 8.25. The van der Waals surface area contributed by atoms with Gasteiger partial charge in [-0.15, -0.1) is 0 Å². The zero-order valence-electron chi connectivity index (χ0n) is 17.0. The number of carbonyl (C=O) groups excluding carboxylic acids is 1. The number of ether oxygens (including phenoxy) is 2. The first-order valence-electron chi connectivity index (χ1n) is 9.59. The lowest BCUT2D eigenvalue weighted by Gasteiger charge is -2.29. The summed E-state index contributed by atoms with van der Waals surface area (Å²) in [5.74, 6) is -0.827. The van der Waals surface area contributed by atoms with E-state index in [0.717, 1.165) is 18.4 Å². The van der Waals surface area contributed by atoms with E-state index in [4.69, 9.17) is 9.47 Å². The van der Waals surface area contributed by atoms with Gasteiger partial charge in [-0.1, -0.05) is 25.5 Å². The van der Waals surface area contributed by atoms with Crippen LogP contribution in [-0.4, -0.2) is 23.8 Å². The number of nitrogens with zero attached hydrogens (tertiary/aromatic N) is 1. The van der Waals surface area contributed by atoms with E-state index in [0.29, 0.717) is 13.0 Å². The number of hydrogen-bond donors (Lipinski definition) is 0. The van der Waals surface area contributed by atoms with Crippen molar-refractivity contribution in [1.29, 1.82) is 0 Å². The number of unbranched alkanes of at least 4 members (excludes halogenated alkanes) is 1. The molecule has 0 amide bonds. The summed E-state index contributed by atoms with van der Waals surface area (Å²) in [6.07, 6.45) is 5.46. The molecule has 152 valence electrons. The van der Waals surface area contributed by atoms with Crippen molar-refractivity contribution in [1.82, 2.24) is 4.57 Å². The SMILES string of the molecule is CCCCOc1cn(C(C)(C)Cc2ccc(F)cc2)cc(C(=O)OCC)c1=O. The van der Waals surface area contributed by atoms with E-state index in [1.165, 1.54) is 18.3 Å². The van der Waals surface area contributed by atoms with Crippen molar-refractivity contribution < 1.29 is 18.7 Å². The molecule has 0 atom stereocenters. The predicted molar refractivity (Wildman–Crippen MR) is 106 cm³/mol. The van der Waals surface area contributed by atoms with Gasteiger partial charge in [0.05, 0.1) is 19.4 Å². The molecule has 0 N–H and O–H groups in total. The van der Waals surface area contributed by atoms with Gasteiger partial charge in [-0.3, -0.25) is 4.79 Å². The zero-order valence-corrected chi connectivity index (χ0v) is 17.0. The van der Waals surface area contributed by atoms with Crippen molar-refractivity contribution in [2.75, 3.05) is 13.2 Å². The van der Waals surface area contributed by atoms with Gasteiger partial charge < -0.3 is 14.0 Å². The molecular formula is C22H28FNO4. The Morgan fingerprint density at radius 3 is 2.43 bits per heavy atom. The Hall–Kier alpha value is -2.63. The second-order valence-electron chi connectivity index (χ2n) is 7.31. The van der Waals surface area contributed by atoms with Crippen LogP contribution >= 0.6 is 0 Å². The molecule has 0 bridgehead atoms. The fraction of sp³-hybridized carbons (Fsp3) is 0.455. The lowest BCUT2D eigenvalue weighted by molar-refractivity contribution is 0.0522. The molecule has 0 fully saturated rings. The summed E-state index contributed by atoms with van der Waals surface area (Å²) in [7, 11) is 0. The van der Waals surface area contributed by atoms with Crippen LogP contribution in [-0.2, 0) is 16.7 Å². The monoisotopic (exact) mass is 389 g/mol. The summed E-state index contributed by atoms with van der Waals surface area (Å²) in [4.78, 5) is 25.0. The molecule has 0 aliphatic carbocycles. The number of rotatable bonds is 9. The minimum absolute atomic E-state index is 0.0528. The van der Waals surface area contributed by atoms with Crippen LogP contribution in [0.15, 0.2) is 41.5 Å². The van der Waals surface area contributed by atoms with Crippen LogP contribution in [0.1, 0.15) is 56.5 Å². The van der Waals surface area contributed by atoms with E-state index < -0.39 is 16.9 Å². The Morgan fingerprint density at radius 2 is 1.82 bits per heavy atom. The molecule has 1 heterocycles. The number of aromatic nitrogens is 1. The van der Waals surface area contributed by atoms with Gasteiger partial charge in [-0.25, -0.2) is 9.18 Å². The summed E-state index contributed by atoms with van der Waals surface area (Å²) >= 11 is 0. The molecule has 5 nitrogen and oxygen atoms in total. The van der Waals surface area contributed by atoms with E-state index in [2.05, 4.69) is 0 Å². The molecule has 1 aromatic heterocycles. The van der Waals surface area contributed by atoms with E-state index >= 15 is 0 Å². The highest BCUT2D eigenvalue weighted by molar-refractivity contribution is 5.89. The fourth-order valence-corrected chi connectivity index (χ4v) is 2.88. The third kappa shape index (κ3) is 5.44. The highest BCUT2D eigenvalue weighted by Crippen LogP contribution is 2.24. The molecule has 0 radical (unpaired) electrons. The third-order valence-corrected chi connectivity index (χ3v) is 4.49. The summed E-state index contributed by atoms with van der Waals surface area (Å²) in [5, 5.41) is 0. The number of hydrogen-bond acceptors (Lipinski definition) is 4. The fourth-order valence-electron chi connectivity index (χ4n) is 2.88. The van der Waals surface area contributed by atoms with Gasteiger partial charge in [0.25, 0.3) is 0 Å². The van der Waals surface area contributed by atoms with Gasteiger partial charge in [0, 0.05) is 11.7 Å². The highest BCUT2D eigenvalue weighted by Gasteiger charge is 2.25. The van der Waals surface area contributed by atoms with E-state index in [-0.39, 0.29) is 23.7 Å². The Kier molecular flexibility index (Phi) is 7.38. The van der Waals surface area contributed by atoms with E-state index in [9.17, 15) is 14.0 Å². The maximum absolute atomic E-state index is 13.2. The predicted octanol–water partition coefficient (Wildman–Crippen LogP) is 4.32. The first kappa shape index (κ1) is 21.7. The Balaban J connectivity index is 2.43. The topological polar surface area (TPSA) is 57.5 Å². The minimum Gasteiger partial charge on any atom is -0.488 e. The zero-order chi connectivity index (χ0) is 20.7. The largest absolute Gasteiger partial charge is 0.488 e. The Morgan fingerprint density at radius 1 is 1.14 bits per heavy atom. The molecule has 0 aliphatic heterocycles. The number of esters is 1. The molecule has 6 heteroatoms. The average molecular weight is 389 g/mol. The second kappa shape index (κ2) is 9.53. The Labute approximate surface area is 165 Å². The maximum Gasteiger partial charge on any atom is 0.343 e. The van der Waals surface area contributed by atoms with Crippen LogP contribution in [0.4, 0.5) is 4.39 Å². The lowest BCUT2D eigenvalue weighted by Crippen LogP contribution is -2.32. The number of carbonyl (C=O) groups is 1. The van der Waals surface area contributed by atoms with Crippen LogP contribution < -0.4 is 10.2 Å². The normalized spacial score (nSPS) is 11.3. The van der Waals surface area contributed by atoms with Crippen LogP contribution in [0, 0.1) is 5.82 Å². The average Bonchev–Trinajstić information content (AvgIpc) is 2.65. The molecular weight excluding hydrogens is 361 g/mol. The van der Waals surface area contributed by atoms with Crippen molar-refractivity contribution in [3.05, 3.63) is 63.8 Å². The maximum atomic E-state index is 13.2. The van der Waals surface area contributed by atoms with Gasteiger partial charge in [0.2, 0.25) is 5.43 Å². The molecule has 0 aliphatic rings. The van der Waals surface area contributed by atoms with Crippen molar-refractivity contribution in [3.8, 4) is 5.75 Å². The van der Waals surface area contributed by atoms with Gasteiger partial charge in [0.1, 0.15) is 11.4 Å². The summed E-state index contributed by atoms with van der Waals surface area (Å²) < 4.78 is 25.7. The van der Waals surface area contributed by atoms with Crippen LogP contribution in [0.3, 0.4) is 0 Å². The quantitative estimate of drug-likeness (QED) is 0.473. The smallest absolute Gasteiger partial charge is 0.343 e. The first-order chi connectivity index (χ1) is 13.3. The number of benzene rings is 1. The van der Waals surface area contributed by atoms with Gasteiger partial charge in [0.15, 0.2) is 5.75 Å². The van der Waals surface area contributed by atoms with Crippen molar-refractivity contribution in [3.63, 3.8) is 0 Å². The molecule has 2 rings (SSSR count). The van der Waals surface area contributed by atoms with Crippen molar-refractivity contribution in [2.24, 2.45) is 0 Å². The van der Waals surface area contributed by atoms with Crippen LogP contribution in [0.25, 0.3) is 0 Å². The van der Waals surface area contributed by atoms with E-state index in [1.54, 1.807) is 29.8 Å². The van der Waals surface area contributed by atoms with E-state index in [1.807, 2.05) is 20.8 Å². The molecule has 28 heavy (non-hydrogen) atoms. The molecule has 0 spiro atoms. The summed E-state index contributed by atoms with van der Waals surface area (Å²) in [6, 6.07) is 6.29. The number of pyridine rings is 1.